The second-order valence-corrected chi connectivity index (χ2v) is 9.29. The Labute approximate surface area is 160 Å². The van der Waals surface area contributed by atoms with Gasteiger partial charge in [-0.05, 0) is 49.4 Å². The highest BCUT2D eigenvalue weighted by Crippen LogP contribution is 2.27. The van der Waals surface area contributed by atoms with Crippen molar-refractivity contribution in [3.05, 3.63) is 0 Å². The van der Waals surface area contributed by atoms with Gasteiger partial charge in [-0.25, -0.2) is 0 Å². The molecule has 4 unspecified atom stereocenters. The lowest BCUT2D eigenvalue weighted by molar-refractivity contribution is -0.0470. The lowest BCUT2D eigenvalue weighted by Gasteiger charge is -2.30. The van der Waals surface area contributed by atoms with Gasteiger partial charge in [-0.1, -0.05) is 93.9 Å². The molecule has 152 valence electrons. The fraction of sp³-hybridized carbons (Fsp3) is 1.00. The number of ether oxygens (including phenoxy) is 1. The van der Waals surface area contributed by atoms with Crippen LogP contribution >= 0.6 is 0 Å². The Morgan fingerprint density at radius 3 is 1.20 bits per heavy atom. The van der Waals surface area contributed by atoms with Crippen LogP contribution in [-0.4, -0.2) is 12.2 Å². The molecule has 0 radical (unpaired) electrons. The molecule has 0 aliphatic heterocycles. The monoisotopic (exact) mass is 354 g/mol. The molecule has 1 heteroatoms. The summed E-state index contributed by atoms with van der Waals surface area (Å²) in [7, 11) is 0. The van der Waals surface area contributed by atoms with Gasteiger partial charge < -0.3 is 4.74 Å². The average molecular weight is 355 g/mol. The average Bonchev–Trinajstić information content (AvgIpc) is 2.54. The minimum absolute atomic E-state index is 0.468. The predicted octanol–water partition coefficient (Wildman–Crippen LogP) is 8.27. The maximum atomic E-state index is 6.79. The van der Waals surface area contributed by atoms with E-state index in [-0.39, 0.29) is 0 Å². The molecular weight excluding hydrogens is 304 g/mol. The number of hydrogen-bond donors (Lipinski definition) is 0. The molecule has 4 atom stereocenters. The van der Waals surface area contributed by atoms with Crippen LogP contribution in [0.15, 0.2) is 0 Å². The summed E-state index contributed by atoms with van der Waals surface area (Å²) in [4.78, 5) is 0. The van der Waals surface area contributed by atoms with Crippen molar-refractivity contribution in [2.75, 3.05) is 0 Å². The maximum Gasteiger partial charge on any atom is 0.0581 e. The molecular formula is C24H50O. The molecule has 0 fully saturated rings. The van der Waals surface area contributed by atoms with Crippen LogP contribution in [0, 0.1) is 23.7 Å². The quantitative estimate of drug-likeness (QED) is 0.253. The van der Waals surface area contributed by atoms with Crippen LogP contribution in [0.1, 0.15) is 120 Å². The van der Waals surface area contributed by atoms with Crippen molar-refractivity contribution < 1.29 is 4.74 Å². The zero-order valence-corrected chi connectivity index (χ0v) is 18.9. The molecule has 0 saturated heterocycles. The van der Waals surface area contributed by atoms with Gasteiger partial charge in [0.25, 0.3) is 0 Å². The van der Waals surface area contributed by atoms with E-state index in [1.165, 1.54) is 64.2 Å². The molecule has 0 aromatic rings. The normalized spacial score (nSPS) is 17.0. The number of unbranched alkanes of at least 4 members (excludes halogenated alkanes) is 4. The minimum Gasteiger partial charge on any atom is -0.375 e. The maximum absolute atomic E-state index is 6.79. The third-order valence-corrected chi connectivity index (χ3v) is 6.19. The van der Waals surface area contributed by atoms with Crippen molar-refractivity contribution >= 4 is 0 Å². The zero-order valence-electron chi connectivity index (χ0n) is 18.9. The summed E-state index contributed by atoms with van der Waals surface area (Å²) in [6.45, 7) is 18.8. The molecule has 25 heavy (non-hydrogen) atoms. The summed E-state index contributed by atoms with van der Waals surface area (Å²) < 4.78 is 6.79. The summed E-state index contributed by atoms with van der Waals surface area (Å²) in [6.07, 6.45) is 13.9. The van der Waals surface area contributed by atoms with Gasteiger partial charge in [-0.3, -0.25) is 0 Å². The summed E-state index contributed by atoms with van der Waals surface area (Å²) in [5, 5.41) is 0. The molecule has 0 heterocycles. The lowest BCUT2D eigenvalue weighted by atomic mass is 9.88. The van der Waals surface area contributed by atoms with Crippen LogP contribution in [0.3, 0.4) is 0 Å². The van der Waals surface area contributed by atoms with Crippen molar-refractivity contribution in [2.24, 2.45) is 23.7 Å². The molecule has 0 amide bonds. The minimum atomic E-state index is 0.468. The van der Waals surface area contributed by atoms with Gasteiger partial charge in [0, 0.05) is 0 Å². The van der Waals surface area contributed by atoms with Crippen LogP contribution in [-0.2, 0) is 4.74 Å². The number of hydrogen-bond acceptors (Lipinski definition) is 1. The van der Waals surface area contributed by atoms with Gasteiger partial charge >= 0.3 is 0 Å². The first-order valence-electron chi connectivity index (χ1n) is 11.5. The summed E-state index contributed by atoms with van der Waals surface area (Å²) >= 11 is 0. The van der Waals surface area contributed by atoms with E-state index in [0.29, 0.717) is 12.2 Å². The largest absolute Gasteiger partial charge is 0.375 e. The Balaban J connectivity index is 4.79. The second-order valence-electron chi connectivity index (χ2n) is 9.29. The molecule has 0 saturated carbocycles. The van der Waals surface area contributed by atoms with Crippen LogP contribution in [0.25, 0.3) is 0 Å². The molecule has 0 aromatic heterocycles. The highest BCUT2D eigenvalue weighted by molar-refractivity contribution is 4.72. The van der Waals surface area contributed by atoms with Gasteiger partial charge in [0.2, 0.25) is 0 Å². The summed E-state index contributed by atoms with van der Waals surface area (Å²) in [5.74, 6) is 3.02. The lowest BCUT2D eigenvalue weighted by Crippen LogP contribution is -2.28. The summed E-state index contributed by atoms with van der Waals surface area (Å²) in [6, 6.07) is 0. The Hall–Kier alpha value is -0.0400. The van der Waals surface area contributed by atoms with Crippen molar-refractivity contribution in [3.8, 4) is 0 Å². The van der Waals surface area contributed by atoms with Gasteiger partial charge in [0.1, 0.15) is 0 Å². The third kappa shape index (κ3) is 12.9. The fourth-order valence-corrected chi connectivity index (χ4v) is 3.37. The Morgan fingerprint density at radius 1 is 0.560 bits per heavy atom. The van der Waals surface area contributed by atoms with Gasteiger partial charge in [-0.2, -0.15) is 0 Å². The van der Waals surface area contributed by atoms with Gasteiger partial charge in [0.15, 0.2) is 0 Å². The molecule has 0 bridgehead atoms. The van der Waals surface area contributed by atoms with Crippen LogP contribution in [0.5, 0.6) is 0 Å². The highest BCUT2D eigenvalue weighted by Gasteiger charge is 2.22. The van der Waals surface area contributed by atoms with Crippen LogP contribution in [0.2, 0.25) is 0 Å². The van der Waals surface area contributed by atoms with Crippen molar-refractivity contribution in [2.45, 2.75) is 132 Å². The third-order valence-electron chi connectivity index (χ3n) is 6.19. The van der Waals surface area contributed by atoms with E-state index in [1.807, 2.05) is 0 Å². The second kappa shape index (κ2) is 15.1. The van der Waals surface area contributed by atoms with E-state index >= 15 is 0 Å². The van der Waals surface area contributed by atoms with E-state index in [0.717, 1.165) is 23.7 Å². The Bertz CT molecular complexity index is 256. The number of rotatable bonds is 16. The topological polar surface area (TPSA) is 9.23 Å². The molecule has 0 aromatic carbocycles. The van der Waals surface area contributed by atoms with Gasteiger partial charge in [-0.15, -0.1) is 0 Å². The molecule has 1 nitrogen and oxygen atoms in total. The smallest absolute Gasteiger partial charge is 0.0581 e. The van der Waals surface area contributed by atoms with E-state index in [4.69, 9.17) is 4.74 Å². The van der Waals surface area contributed by atoms with Crippen LogP contribution < -0.4 is 0 Å². The SMILES string of the molecule is CCCCCC(CC(C)C(C)C)OC(CCCCC)CC(C)C(C)C. The van der Waals surface area contributed by atoms with Crippen molar-refractivity contribution in [1.29, 1.82) is 0 Å². The molecule has 0 aliphatic carbocycles. The first kappa shape index (κ1) is 25.0. The van der Waals surface area contributed by atoms with Gasteiger partial charge in [0.05, 0.1) is 12.2 Å². The van der Waals surface area contributed by atoms with Crippen molar-refractivity contribution in [3.63, 3.8) is 0 Å². The first-order chi connectivity index (χ1) is 11.8. The van der Waals surface area contributed by atoms with E-state index in [9.17, 15) is 0 Å². The molecule has 0 spiro atoms. The zero-order chi connectivity index (χ0) is 19.2. The Kier molecular flexibility index (Phi) is 15.0. The molecule has 0 N–H and O–H groups in total. The Morgan fingerprint density at radius 2 is 0.920 bits per heavy atom. The first-order valence-corrected chi connectivity index (χ1v) is 11.5. The predicted molar refractivity (Wildman–Crippen MR) is 114 cm³/mol. The molecule has 0 aliphatic rings. The van der Waals surface area contributed by atoms with E-state index in [2.05, 4.69) is 55.4 Å². The summed E-state index contributed by atoms with van der Waals surface area (Å²) in [5.41, 5.74) is 0. The van der Waals surface area contributed by atoms with E-state index < -0.39 is 0 Å². The standard InChI is InChI=1S/C24H50O/c1-9-11-13-15-23(17-21(7)19(3)4)25-24(16-14-12-10-2)18-22(8)20(5)6/h19-24H,9-18H2,1-8H3. The van der Waals surface area contributed by atoms with Crippen molar-refractivity contribution in [1.82, 2.24) is 0 Å². The van der Waals surface area contributed by atoms with Crippen LogP contribution in [0.4, 0.5) is 0 Å². The molecule has 0 rings (SSSR count). The van der Waals surface area contributed by atoms with E-state index in [1.54, 1.807) is 0 Å². The highest BCUT2D eigenvalue weighted by atomic mass is 16.5. The fourth-order valence-electron chi connectivity index (χ4n) is 3.37.